The third-order valence-electron chi connectivity index (χ3n) is 5.43. The van der Waals surface area contributed by atoms with E-state index in [9.17, 15) is 9.90 Å². The topological polar surface area (TPSA) is 74.0 Å². The number of thiophene rings is 1. The predicted octanol–water partition coefficient (Wildman–Crippen LogP) is 5.58. The molecule has 1 atom stereocenters. The summed E-state index contributed by atoms with van der Waals surface area (Å²) in [5.41, 5.74) is 2.69. The van der Waals surface area contributed by atoms with Gasteiger partial charge in [-0.15, -0.1) is 11.3 Å². The Labute approximate surface area is 162 Å². The molecular weight excluding hydrogens is 356 g/mol. The zero-order chi connectivity index (χ0) is 18.8. The van der Waals surface area contributed by atoms with E-state index in [-0.39, 0.29) is 12.3 Å². The van der Waals surface area contributed by atoms with E-state index in [1.165, 1.54) is 19.3 Å². The highest BCUT2D eigenvalue weighted by Gasteiger charge is 2.26. The number of carboxylic acids is 1. The van der Waals surface area contributed by atoms with Crippen LogP contribution in [-0.4, -0.2) is 16.1 Å². The second kappa shape index (κ2) is 7.50. The highest BCUT2D eigenvalue weighted by atomic mass is 32.1. The molecule has 3 aromatic rings. The molecule has 1 aliphatic carbocycles. The molecule has 1 aromatic carbocycles. The van der Waals surface area contributed by atoms with Crippen molar-refractivity contribution in [3.8, 4) is 17.2 Å². The molecule has 0 unspecified atom stereocenters. The van der Waals surface area contributed by atoms with Gasteiger partial charge in [0.2, 0.25) is 0 Å². The maximum absolute atomic E-state index is 11.4. The molecule has 1 N–H and O–H groups in total. The normalized spacial score (nSPS) is 15.2. The van der Waals surface area contributed by atoms with Gasteiger partial charge in [-0.05, 0) is 36.1 Å². The second-order valence-electron chi connectivity index (χ2n) is 7.27. The summed E-state index contributed by atoms with van der Waals surface area (Å²) in [7, 11) is 0. The SMILES string of the molecule is N#Cc1ccc(-c2cncc3cc([C@@H](CC(=O)O)CC4CCC4)sc23)cc1. The highest BCUT2D eigenvalue weighted by molar-refractivity contribution is 7.19. The molecule has 5 heteroatoms. The molecule has 0 bridgehead atoms. The Bertz CT molecular complexity index is 1010. The van der Waals surface area contributed by atoms with E-state index < -0.39 is 5.97 Å². The largest absolute Gasteiger partial charge is 0.481 e. The maximum atomic E-state index is 11.4. The van der Waals surface area contributed by atoms with Gasteiger partial charge in [0.25, 0.3) is 0 Å². The number of aliphatic carboxylic acids is 1. The van der Waals surface area contributed by atoms with Crippen LogP contribution < -0.4 is 0 Å². The molecule has 2 aromatic heterocycles. The number of nitriles is 1. The molecular formula is C22H20N2O2S. The molecule has 136 valence electrons. The number of pyridine rings is 1. The number of rotatable bonds is 6. The molecule has 2 heterocycles. The quantitative estimate of drug-likeness (QED) is 0.609. The van der Waals surface area contributed by atoms with E-state index in [4.69, 9.17) is 5.26 Å². The fourth-order valence-electron chi connectivity index (χ4n) is 3.76. The van der Waals surface area contributed by atoms with Gasteiger partial charge in [0.1, 0.15) is 0 Å². The van der Waals surface area contributed by atoms with Crippen LogP contribution in [0.1, 0.15) is 48.5 Å². The van der Waals surface area contributed by atoms with Crippen molar-refractivity contribution in [3.63, 3.8) is 0 Å². The number of carbonyl (C=O) groups is 1. The molecule has 0 saturated heterocycles. The fraction of sp³-hybridized carbons (Fsp3) is 0.318. The lowest BCUT2D eigenvalue weighted by atomic mass is 9.78. The van der Waals surface area contributed by atoms with Crippen LogP contribution in [0.5, 0.6) is 0 Å². The summed E-state index contributed by atoms with van der Waals surface area (Å²) < 4.78 is 1.13. The van der Waals surface area contributed by atoms with Gasteiger partial charge in [-0.1, -0.05) is 31.4 Å². The Morgan fingerprint density at radius 3 is 2.70 bits per heavy atom. The first kappa shape index (κ1) is 17.7. The van der Waals surface area contributed by atoms with Gasteiger partial charge in [-0.2, -0.15) is 5.26 Å². The minimum absolute atomic E-state index is 0.0685. The first-order valence-electron chi connectivity index (χ1n) is 9.24. The molecule has 1 saturated carbocycles. The Hall–Kier alpha value is -2.71. The number of hydrogen-bond acceptors (Lipinski definition) is 4. The first-order valence-corrected chi connectivity index (χ1v) is 10.1. The summed E-state index contributed by atoms with van der Waals surface area (Å²) in [6.07, 6.45) is 8.55. The van der Waals surface area contributed by atoms with Crippen molar-refractivity contribution >= 4 is 27.4 Å². The summed E-state index contributed by atoms with van der Waals surface area (Å²) >= 11 is 1.69. The van der Waals surface area contributed by atoms with E-state index in [1.54, 1.807) is 11.3 Å². The van der Waals surface area contributed by atoms with E-state index in [0.717, 1.165) is 32.5 Å². The van der Waals surface area contributed by atoms with Crippen LogP contribution in [0.15, 0.2) is 42.7 Å². The van der Waals surface area contributed by atoms with Crippen LogP contribution >= 0.6 is 11.3 Å². The Kier molecular flexibility index (Phi) is 4.91. The number of hydrogen-bond donors (Lipinski definition) is 1. The van der Waals surface area contributed by atoms with Crippen LogP contribution in [-0.2, 0) is 4.79 Å². The molecule has 4 nitrogen and oxygen atoms in total. The maximum Gasteiger partial charge on any atom is 0.303 e. The lowest BCUT2D eigenvalue weighted by molar-refractivity contribution is -0.137. The monoisotopic (exact) mass is 376 g/mol. The third-order valence-corrected chi connectivity index (χ3v) is 6.78. The zero-order valence-electron chi connectivity index (χ0n) is 14.9. The van der Waals surface area contributed by atoms with Crippen molar-refractivity contribution in [2.45, 2.75) is 38.0 Å². The molecule has 4 rings (SSSR count). The van der Waals surface area contributed by atoms with Gasteiger partial charge >= 0.3 is 5.97 Å². The first-order chi connectivity index (χ1) is 13.1. The molecule has 0 amide bonds. The number of benzene rings is 1. The van der Waals surface area contributed by atoms with Crippen molar-refractivity contribution in [1.82, 2.24) is 4.98 Å². The van der Waals surface area contributed by atoms with Crippen LogP contribution in [0.2, 0.25) is 0 Å². The van der Waals surface area contributed by atoms with Crippen molar-refractivity contribution in [2.75, 3.05) is 0 Å². The van der Waals surface area contributed by atoms with E-state index in [1.807, 2.05) is 36.7 Å². The van der Waals surface area contributed by atoms with Crippen molar-refractivity contribution in [2.24, 2.45) is 5.92 Å². The van der Waals surface area contributed by atoms with E-state index >= 15 is 0 Å². The van der Waals surface area contributed by atoms with Gasteiger partial charge < -0.3 is 5.11 Å². The minimum atomic E-state index is -0.734. The summed E-state index contributed by atoms with van der Waals surface area (Å²) in [6, 6.07) is 11.8. The van der Waals surface area contributed by atoms with Crippen LogP contribution in [0.25, 0.3) is 21.2 Å². The Morgan fingerprint density at radius 1 is 1.30 bits per heavy atom. The molecule has 1 aliphatic rings. The number of carboxylic acid groups (broad SMARTS) is 1. The van der Waals surface area contributed by atoms with Gasteiger partial charge in [-0.3, -0.25) is 9.78 Å². The second-order valence-corrected chi connectivity index (χ2v) is 8.35. The third kappa shape index (κ3) is 3.72. The Balaban J connectivity index is 1.71. The van der Waals surface area contributed by atoms with E-state index in [2.05, 4.69) is 17.1 Å². The summed E-state index contributed by atoms with van der Waals surface area (Å²) in [6.45, 7) is 0. The zero-order valence-corrected chi connectivity index (χ0v) is 15.7. The van der Waals surface area contributed by atoms with E-state index in [0.29, 0.717) is 11.5 Å². The van der Waals surface area contributed by atoms with Gasteiger partial charge in [-0.25, -0.2) is 0 Å². The van der Waals surface area contributed by atoms with Crippen molar-refractivity contribution in [3.05, 3.63) is 53.2 Å². The van der Waals surface area contributed by atoms with Crippen LogP contribution in [0, 0.1) is 17.2 Å². The highest BCUT2D eigenvalue weighted by Crippen LogP contribution is 2.42. The molecule has 0 spiro atoms. The lowest BCUT2D eigenvalue weighted by Crippen LogP contribution is -2.16. The average Bonchev–Trinajstić information content (AvgIpc) is 3.07. The summed E-state index contributed by atoms with van der Waals surface area (Å²) in [5, 5.41) is 19.4. The average molecular weight is 376 g/mol. The standard InChI is InChI=1S/C22H20N2O2S/c23-11-15-4-6-16(7-5-15)19-13-24-12-18-9-20(27-22(18)19)17(10-21(25)26)8-14-2-1-3-14/h4-7,9,12-14,17H,1-3,8,10H2,(H,25,26)/t17-/m1/s1. The van der Waals surface area contributed by atoms with Gasteiger partial charge in [0.05, 0.1) is 18.1 Å². The predicted molar refractivity (Wildman–Crippen MR) is 107 cm³/mol. The molecule has 1 fully saturated rings. The van der Waals surface area contributed by atoms with Crippen LogP contribution in [0.4, 0.5) is 0 Å². The van der Waals surface area contributed by atoms with Gasteiger partial charge in [0, 0.05) is 38.8 Å². The Morgan fingerprint density at radius 2 is 2.07 bits per heavy atom. The summed E-state index contributed by atoms with van der Waals surface area (Å²) in [5.74, 6) is -0.00285. The number of aromatic nitrogens is 1. The molecule has 27 heavy (non-hydrogen) atoms. The summed E-state index contributed by atoms with van der Waals surface area (Å²) in [4.78, 5) is 16.9. The van der Waals surface area contributed by atoms with Crippen LogP contribution in [0.3, 0.4) is 0 Å². The minimum Gasteiger partial charge on any atom is -0.481 e. The smallest absolute Gasteiger partial charge is 0.303 e. The molecule has 0 radical (unpaired) electrons. The lowest BCUT2D eigenvalue weighted by Gasteiger charge is -2.28. The fourth-order valence-corrected chi connectivity index (χ4v) is 5.03. The molecule has 0 aliphatic heterocycles. The van der Waals surface area contributed by atoms with Crippen molar-refractivity contribution in [1.29, 1.82) is 5.26 Å². The number of fused-ring (bicyclic) bond motifs is 1. The van der Waals surface area contributed by atoms with Gasteiger partial charge in [0.15, 0.2) is 0 Å². The van der Waals surface area contributed by atoms with Crippen molar-refractivity contribution < 1.29 is 9.90 Å². The number of nitrogens with zero attached hydrogens (tertiary/aromatic N) is 2.